The Kier molecular flexibility index (Phi) is 8.60. The largest absolute Gasteiger partial charge is 0.392 e. The third-order valence-electron chi connectivity index (χ3n) is 5.90. The summed E-state index contributed by atoms with van der Waals surface area (Å²) in [7, 11) is -0.548. The Hall–Kier alpha value is -1.36. The predicted molar refractivity (Wildman–Crippen MR) is 137 cm³/mol. The summed E-state index contributed by atoms with van der Waals surface area (Å²) in [4.78, 5) is 11.5. The number of unbranched alkanes of at least 4 members (excludes halogenated alkanes) is 2. The lowest BCUT2D eigenvalue weighted by Gasteiger charge is -2.30. The van der Waals surface area contributed by atoms with Crippen molar-refractivity contribution >= 4 is 27.5 Å². The molecule has 0 amide bonds. The first-order valence-corrected chi connectivity index (χ1v) is 13.5. The van der Waals surface area contributed by atoms with Gasteiger partial charge in [0, 0.05) is 39.0 Å². The number of hydrogen-bond acceptors (Lipinski definition) is 3. The number of thiol groups is 1. The monoisotopic (exact) mass is 460 g/mol. The second kappa shape index (κ2) is 11.0. The molecule has 2 heterocycles. The number of halogens is 1. The summed E-state index contributed by atoms with van der Waals surface area (Å²) in [6, 6.07) is 8.07. The van der Waals surface area contributed by atoms with Gasteiger partial charge in [-0.1, -0.05) is 71.2 Å². The number of benzene rings is 1. The molecule has 0 aliphatic carbocycles. The Morgan fingerprint density at radius 1 is 1.10 bits per heavy atom. The number of hydrogen-bond donors (Lipinski definition) is 2. The van der Waals surface area contributed by atoms with Crippen LogP contribution in [0.2, 0.25) is 5.02 Å². The van der Waals surface area contributed by atoms with Crippen LogP contribution in [0.25, 0.3) is 11.1 Å². The molecule has 0 bridgehead atoms. The van der Waals surface area contributed by atoms with E-state index in [1.807, 2.05) is 18.2 Å². The second-order valence-electron chi connectivity index (χ2n) is 8.97. The Morgan fingerprint density at radius 2 is 1.84 bits per heavy atom. The molecule has 0 saturated carbocycles. The Bertz CT molecular complexity index is 939. The van der Waals surface area contributed by atoms with Crippen LogP contribution in [0.5, 0.6) is 0 Å². The fourth-order valence-electron chi connectivity index (χ4n) is 4.40. The SMILES string of the molecule is CCCCCC1=NCC[SH]1c1c(C(C)C)nc(C(C)C)c(CO)c1-c1cccc(Cl)c1. The Morgan fingerprint density at radius 3 is 2.45 bits per heavy atom. The molecule has 1 atom stereocenters. The molecule has 3 rings (SSSR count). The van der Waals surface area contributed by atoms with Gasteiger partial charge in [-0.15, -0.1) is 0 Å². The van der Waals surface area contributed by atoms with E-state index in [1.165, 1.54) is 34.9 Å². The smallest absolute Gasteiger partial charge is 0.0706 e. The molecule has 0 saturated heterocycles. The summed E-state index contributed by atoms with van der Waals surface area (Å²) in [5.74, 6) is 1.62. The number of pyridine rings is 1. The van der Waals surface area contributed by atoms with Gasteiger partial charge in [-0.2, -0.15) is 10.9 Å². The molecule has 31 heavy (non-hydrogen) atoms. The van der Waals surface area contributed by atoms with Gasteiger partial charge >= 0.3 is 0 Å². The van der Waals surface area contributed by atoms with E-state index in [0.29, 0.717) is 5.92 Å². The van der Waals surface area contributed by atoms with Gasteiger partial charge in [-0.05, 0) is 42.4 Å². The van der Waals surface area contributed by atoms with Crippen LogP contribution in [0.15, 0.2) is 34.2 Å². The number of aliphatic imine (C=N–C) groups is 1. The summed E-state index contributed by atoms with van der Waals surface area (Å²) in [6.07, 6.45) is 4.73. The quantitative estimate of drug-likeness (QED) is 0.300. The minimum atomic E-state index is -0.548. The normalized spacial score (nSPS) is 17.6. The summed E-state index contributed by atoms with van der Waals surface area (Å²) in [5, 5.41) is 12.6. The molecule has 5 heteroatoms. The van der Waals surface area contributed by atoms with E-state index in [0.717, 1.165) is 46.1 Å². The first-order valence-electron chi connectivity index (χ1n) is 11.6. The zero-order valence-electron chi connectivity index (χ0n) is 19.6. The van der Waals surface area contributed by atoms with Crippen molar-refractivity contribution < 1.29 is 5.11 Å². The third kappa shape index (κ3) is 5.35. The Labute approximate surface area is 195 Å². The van der Waals surface area contributed by atoms with Crippen LogP contribution < -0.4 is 0 Å². The molecule has 0 spiro atoms. The van der Waals surface area contributed by atoms with Crippen molar-refractivity contribution in [3.63, 3.8) is 0 Å². The molecule has 1 aliphatic rings. The highest BCUT2D eigenvalue weighted by molar-refractivity contribution is 8.30. The maximum atomic E-state index is 10.5. The highest BCUT2D eigenvalue weighted by Gasteiger charge is 2.30. The van der Waals surface area contributed by atoms with Crippen molar-refractivity contribution in [1.29, 1.82) is 0 Å². The fraction of sp³-hybridized carbons (Fsp3) is 0.538. The number of nitrogens with zero attached hydrogens (tertiary/aromatic N) is 2. The highest BCUT2D eigenvalue weighted by atomic mass is 35.5. The molecule has 2 aromatic rings. The molecular formula is C26H37ClN2OS. The zero-order chi connectivity index (χ0) is 22.5. The van der Waals surface area contributed by atoms with Crippen molar-refractivity contribution in [2.24, 2.45) is 4.99 Å². The van der Waals surface area contributed by atoms with E-state index in [9.17, 15) is 5.11 Å². The molecule has 1 aliphatic heterocycles. The topological polar surface area (TPSA) is 45.5 Å². The Balaban J connectivity index is 2.29. The first kappa shape index (κ1) is 24.3. The van der Waals surface area contributed by atoms with E-state index in [-0.39, 0.29) is 12.5 Å². The van der Waals surface area contributed by atoms with Crippen molar-refractivity contribution in [2.75, 3.05) is 12.3 Å². The molecule has 1 aromatic heterocycles. The van der Waals surface area contributed by atoms with Crippen molar-refractivity contribution in [3.05, 3.63) is 46.2 Å². The van der Waals surface area contributed by atoms with Crippen molar-refractivity contribution in [1.82, 2.24) is 4.98 Å². The number of aliphatic hydroxyl groups excluding tert-OH is 1. The van der Waals surface area contributed by atoms with Gasteiger partial charge in [0.25, 0.3) is 0 Å². The van der Waals surface area contributed by atoms with Crippen LogP contribution in [0, 0.1) is 0 Å². The average Bonchev–Trinajstić information content (AvgIpc) is 3.20. The van der Waals surface area contributed by atoms with Crippen LogP contribution in [0.1, 0.15) is 89.1 Å². The summed E-state index contributed by atoms with van der Waals surface area (Å²) < 4.78 is 0. The lowest BCUT2D eigenvalue weighted by atomic mass is 9.92. The van der Waals surface area contributed by atoms with Gasteiger partial charge < -0.3 is 5.11 Å². The zero-order valence-corrected chi connectivity index (χ0v) is 21.2. The van der Waals surface area contributed by atoms with E-state index >= 15 is 0 Å². The molecule has 170 valence electrons. The molecule has 0 radical (unpaired) electrons. The minimum absolute atomic E-state index is 0.0147. The molecule has 1 aromatic carbocycles. The van der Waals surface area contributed by atoms with Crippen LogP contribution in [0.4, 0.5) is 0 Å². The van der Waals surface area contributed by atoms with Gasteiger partial charge in [-0.25, -0.2) is 0 Å². The molecule has 1 unspecified atom stereocenters. The highest BCUT2D eigenvalue weighted by Crippen LogP contribution is 2.52. The van der Waals surface area contributed by atoms with Crippen LogP contribution in [-0.2, 0) is 6.61 Å². The van der Waals surface area contributed by atoms with Crippen LogP contribution in [-0.4, -0.2) is 27.4 Å². The third-order valence-corrected chi connectivity index (χ3v) is 8.76. The molecule has 3 nitrogen and oxygen atoms in total. The number of rotatable bonds is 9. The molecular weight excluding hydrogens is 424 g/mol. The maximum absolute atomic E-state index is 10.5. The van der Waals surface area contributed by atoms with Gasteiger partial charge in [0.15, 0.2) is 0 Å². The number of aliphatic hydroxyl groups is 1. The van der Waals surface area contributed by atoms with Crippen molar-refractivity contribution in [2.45, 2.75) is 83.6 Å². The lowest BCUT2D eigenvalue weighted by Crippen LogP contribution is -2.13. The molecule has 0 fully saturated rings. The van der Waals surface area contributed by atoms with E-state index in [1.54, 1.807) is 0 Å². The first-order chi connectivity index (χ1) is 14.9. The fourth-order valence-corrected chi connectivity index (χ4v) is 7.45. The number of aromatic nitrogens is 1. The van der Waals surface area contributed by atoms with E-state index in [2.05, 4.69) is 40.7 Å². The standard InChI is InChI=1S/C26H37ClN2OS/c1-6-7-8-12-22-28-13-14-31(22)26-23(19-10-9-11-20(27)15-19)21(16-30)24(17(2)3)29-25(26)18(4)5/h9-11,15,17-18,30-31H,6-8,12-14,16H2,1-5H3. The van der Waals surface area contributed by atoms with Gasteiger partial charge in [-0.3, -0.25) is 9.98 Å². The van der Waals surface area contributed by atoms with Gasteiger partial charge in [0.05, 0.1) is 17.3 Å². The van der Waals surface area contributed by atoms with E-state index in [4.69, 9.17) is 21.6 Å². The summed E-state index contributed by atoms with van der Waals surface area (Å²) in [5.41, 5.74) is 5.37. The summed E-state index contributed by atoms with van der Waals surface area (Å²) >= 11 is 6.42. The maximum Gasteiger partial charge on any atom is 0.0706 e. The average molecular weight is 461 g/mol. The van der Waals surface area contributed by atoms with Gasteiger partial charge in [0.1, 0.15) is 0 Å². The minimum Gasteiger partial charge on any atom is -0.392 e. The van der Waals surface area contributed by atoms with Crippen molar-refractivity contribution in [3.8, 4) is 11.1 Å². The summed E-state index contributed by atoms with van der Waals surface area (Å²) in [6.45, 7) is 11.9. The second-order valence-corrected chi connectivity index (χ2v) is 11.7. The molecule has 1 N–H and O–H groups in total. The van der Waals surface area contributed by atoms with Crippen LogP contribution in [0.3, 0.4) is 0 Å². The van der Waals surface area contributed by atoms with Crippen LogP contribution >= 0.6 is 22.5 Å². The lowest BCUT2D eigenvalue weighted by molar-refractivity contribution is 0.279. The van der Waals surface area contributed by atoms with Gasteiger partial charge in [0.2, 0.25) is 0 Å². The predicted octanol–water partition coefficient (Wildman–Crippen LogP) is 7.49. The van der Waals surface area contributed by atoms with E-state index < -0.39 is 10.9 Å².